The molecule has 1 aliphatic rings. The lowest BCUT2D eigenvalue weighted by Gasteiger charge is -2.25. The molecule has 0 radical (unpaired) electrons. The highest BCUT2D eigenvalue weighted by atomic mass is 79.9. The van der Waals surface area contributed by atoms with E-state index < -0.39 is 12.0 Å². The van der Waals surface area contributed by atoms with E-state index in [4.69, 9.17) is 21.1 Å². The second kappa shape index (κ2) is 9.90. The summed E-state index contributed by atoms with van der Waals surface area (Å²) in [5, 5.41) is 0.563. The van der Waals surface area contributed by atoms with Crippen molar-refractivity contribution < 1.29 is 14.3 Å². The molecule has 0 saturated carbocycles. The van der Waals surface area contributed by atoms with E-state index in [9.17, 15) is 9.59 Å². The number of hydrogen-bond donors (Lipinski definition) is 0. The van der Waals surface area contributed by atoms with Crippen LogP contribution >= 0.6 is 38.9 Å². The minimum absolute atomic E-state index is 0.238. The molecule has 2 aromatic carbocycles. The zero-order chi connectivity index (χ0) is 24.6. The molecule has 0 bridgehead atoms. The normalized spacial score (nSPS) is 15.9. The summed E-state index contributed by atoms with van der Waals surface area (Å²) in [6.45, 7) is 5.33. The number of hydrogen-bond acceptors (Lipinski definition) is 6. The van der Waals surface area contributed by atoms with Gasteiger partial charge in [0, 0.05) is 5.02 Å². The molecule has 176 valence electrons. The van der Waals surface area contributed by atoms with Gasteiger partial charge in [0.1, 0.15) is 5.75 Å². The third-order valence-electron chi connectivity index (χ3n) is 5.24. The maximum absolute atomic E-state index is 13.6. The van der Waals surface area contributed by atoms with Gasteiger partial charge in [-0.1, -0.05) is 41.1 Å². The second-order valence-corrected chi connectivity index (χ2v) is 10.3. The lowest BCUT2D eigenvalue weighted by Crippen LogP contribution is -2.40. The summed E-state index contributed by atoms with van der Waals surface area (Å²) in [7, 11) is 1.60. The van der Waals surface area contributed by atoms with Crippen LogP contribution in [0.25, 0.3) is 6.08 Å². The van der Waals surface area contributed by atoms with E-state index in [1.54, 1.807) is 50.7 Å². The first-order valence-corrected chi connectivity index (χ1v) is 12.5. The number of esters is 1. The third-order valence-corrected chi connectivity index (χ3v) is 7.10. The van der Waals surface area contributed by atoms with Crippen LogP contribution in [0.2, 0.25) is 5.02 Å². The number of fused-ring (bicyclic) bond motifs is 1. The van der Waals surface area contributed by atoms with Crippen LogP contribution in [0.15, 0.2) is 68.0 Å². The minimum Gasteiger partial charge on any atom is -0.496 e. The molecule has 0 spiro atoms. The fourth-order valence-electron chi connectivity index (χ4n) is 3.74. The van der Waals surface area contributed by atoms with E-state index in [-0.39, 0.29) is 11.7 Å². The van der Waals surface area contributed by atoms with Crippen LogP contribution in [0.1, 0.15) is 37.9 Å². The van der Waals surface area contributed by atoms with E-state index in [1.807, 2.05) is 30.3 Å². The topological polar surface area (TPSA) is 69.9 Å². The molecule has 4 rings (SSSR count). The van der Waals surface area contributed by atoms with Crippen LogP contribution < -0.4 is 19.6 Å². The van der Waals surface area contributed by atoms with E-state index in [2.05, 4.69) is 20.9 Å². The van der Waals surface area contributed by atoms with Gasteiger partial charge in [-0.2, -0.15) is 0 Å². The molecule has 1 aromatic heterocycles. The quantitative estimate of drug-likeness (QED) is 0.427. The Morgan fingerprint density at radius 3 is 2.56 bits per heavy atom. The molecule has 0 aliphatic carbocycles. The SMILES string of the molecule is COc1ccc(C=c2sc3n(c2=O)[C@H](c2ccc(Cl)cc2)C(C(=O)OC(C)C)=C(C)N=3)cc1Br. The van der Waals surface area contributed by atoms with Crippen molar-refractivity contribution in [2.75, 3.05) is 7.11 Å². The Bertz CT molecular complexity index is 1470. The van der Waals surface area contributed by atoms with Gasteiger partial charge in [0.2, 0.25) is 0 Å². The number of halogens is 2. The van der Waals surface area contributed by atoms with Crippen LogP contribution in [0.5, 0.6) is 5.75 Å². The Labute approximate surface area is 213 Å². The van der Waals surface area contributed by atoms with Gasteiger partial charge in [-0.25, -0.2) is 9.79 Å². The largest absolute Gasteiger partial charge is 0.496 e. The molecular weight excluding hydrogens is 540 g/mol. The molecule has 9 heteroatoms. The van der Waals surface area contributed by atoms with E-state index in [1.165, 1.54) is 11.3 Å². The van der Waals surface area contributed by atoms with Gasteiger partial charge in [-0.05, 0) is 78.2 Å². The molecular formula is C25H22BrClN2O4S. The number of thiazole rings is 1. The van der Waals surface area contributed by atoms with Crippen molar-refractivity contribution in [1.29, 1.82) is 0 Å². The number of methoxy groups -OCH3 is 1. The average molecular weight is 562 g/mol. The van der Waals surface area contributed by atoms with Crippen molar-refractivity contribution in [2.24, 2.45) is 4.99 Å². The van der Waals surface area contributed by atoms with Gasteiger partial charge < -0.3 is 9.47 Å². The number of nitrogens with zero attached hydrogens (tertiary/aromatic N) is 2. The zero-order valence-electron chi connectivity index (χ0n) is 19.0. The molecule has 0 saturated heterocycles. The molecule has 6 nitrogen and oxygen atoms in total. The first kappa shape index (κ1) is 24.4. The molecule has 0 fully saturated rings. The fourth-order valence-corrected chi connectivity index (χ4v) is 5.48. The number of benzene rings is 2. The zero-order valence-corrected chi connectivity index (χ0v) is 22.1. The predicted molar refractivity (Wildman–Crippen MR) is 137 cm³/mol. The standard InChI is InChI=1S/C25H22BrClN2O4S/c1-13(2)33-24(31)21-14(3)28-25-29(22(21)16-6-8-17(27)9-7-16)23(30)20(34-25)12-15-5-10-19(32-4)18(26)11-15/h5-13,22H,1-4H3/t22-/m1/s1. The van der Waals surface area contributed by atoms with Crippen LogP contribution in [0.3, 0.4) is 0 Å². The fraction of sp³-hybridized carbons (Fsp3) is 0.240. The summed E-state index contributed by atoms with van der Waals surface area (Å²) in [6, 6.07) is 12.0. The van der Waals surface area contributed by atoms with Crippen molar-refractivity contribution in [3.8, 4) is 5.75 Å². The maximum atomic E-state index is 13.6. The predicted octanol–water partition coefficient (Wildman–Crippen LogP) is 4.61. The Kier molecular flexibility index (Phi) is 7.12. The van der Waals surface area contributed by atoms with Gasteiger partial charge in [0.05, 0.1) is 39.5 Å². The van der Waals surface area contributed by atoms with Crippen LogP contribution in [0.4, 0.5) is 0 Å². The summed E-state index contributed by atoms with van der Waals surface area (Å²) < 4.78 is 13.6. The van der Waals surface area contributed by atoms with E-state index >= 15 is 0 Å². The number of allylic oxidation sites excluding steroid dienone is 1. The lowest BCUT2D eigenvalue weighted by atomic mass is 9.96. The molecule has 0 amide bonds. The highest BCUT2D eigenvalue weighted by Crippen LogP contribution is 2.31. The maximum Gasteiger partial charge on any atom is 0.338 e. The summed E-state index contributed by atoms with van der Waals surface area (Å²) >= 11 is 10.9. The van der Waals surface area contributed by atoms with Crippen molar-refractivity contribution >= 4 is 50.9 Å². The summed E-state index contributed by atoms with van der Waals surface area (Å²) in [5.41, 5.74) is 2.19. The minimum atomic E-state index is -0.676. The first-order chi connectivity index (χ1) is 16.2. The van der Waals surface area contributed by atoms with Crippen molar-refractivity contribution in [1.82, 2.24) is 4.57 Å². The van der Waals surface area contributed by atoms with Crippen molar-refractivity contribution in [3.05, 3.63) is 94.0 Å². The molecule has 1 atom stereocenters. The van der Waals surface area contributed by atoms with Gasteiger partial charge >= 0.3 is 5.97 Å². The molecule has 0 N–H and O–H groups in total. The second-order valence-electron chi connectivity index (χ2n) is 7.98. The molecule has 34 heavy (non-hydrogen) atoms. The van der Waals surface area contributed by atoms with Crippen molar-refractivity contribution in [2.45, 2.75) is 32.9 Å². The summed E-state index contributed by atoms with van der Waals surface area (Å²) in [4.78, 5) is 31.8. The number of rotatable bonds is 5. The molecule has 3 aromatic rings. The Morgan fingerprint density at radius 2 is 1.94 bits per heavy atom. The lowest BCUT2D eigenvalue weighted by molar-refractivity contribution is -0.143. The van der Waals surface area contributed by atoms with Gasteiger partial charge in [0.25, 0.3) is 5.56 Å². The Morgan fingerprint density at radius 1 is 1.24 bits per heavy atom. The highest BCUT2D eigenvalue weighted by Gasteiger charge is 2.33. The van der Waals surface area contributed by atoms with Crippen LogP contribution in [-0.4, -0.2) is 23.8 Å². The highest BCUT2D eigenvalue weighted by molar-refractivity contribution is 9.10. The number of ether oxygens (including phenoxy) is 2. The average Bonchev–Trinajstić information content (AvgIpc) is 3.07. The van der Waals surface area contributed by atoms with Crippen molar-refractivity contribution in [3.63, 3.8) is 0 Å². The third kappa shape index (κ3) is 4.76. The van der Waals surface area contributed by atoms with Gasteiger partial charge in [0.15, 0.2) is 4.80 Å². The number of carbonyl (C=O) groups excluding carboxylic acids is 1. The molecule has 0 unspecified atom stereocenters. The van der Waals surface area contributed by atoms with Gasteiger partial charge in [-0.3, -0.25) is 9.36 Å². The summed E-state index contributed by atoms with van der Waals surface area (Å²) in [6.07, 6.45) is 1.50. The van der Waals surface area contributed by atoms with E-state index in [0.717, 1.165) is 15.6 Å². The van der Waals surface area contributed by atoms with E-state index in [0.29, 0.717) is 31.4 Å². The van der Waals surface area contributed by atoms with Gasteiger partial charge in [-0.15, -0.1) is 0 Å². The van der Waals surface area contributed by atoms with Crippen LogP contribution in [-0.2, 0) is 9.53 Å². The first-order valence-electron chi connectivity index (χ1n) is 10.5. The number of aromatic nitrogens is 1. The molecule has 1 aliphatic heterocycles. The Hall–Kier alpha value is -2.68. The van der Waals surface area contributed by atoms with Crippen LogP contribution in [0, 0.1) is 0 Å². The Balaban J connectivity index is 1.92. The summed E-state index contributed by atoms with van der Waals surface area (Å²) in [5.74, 6) is 0.204. The number of carbonyl (C=O) groups is 1. The smallest absolute Gasteiger partial charge is 0.338 e. The monoisotopic (exact) mass is 560 g/mol. The molecule has 2 heterocycles.